The lowest BCUT2D eigenvalue weighted by Gasteiger charge is -2.30. The lowest BCUT2D eigenvalue weighted by atomic mass is 9.88. The zero-order valence-electron chi connectivity index (χ0n) is 26.9. The number of amides is 1. The molecule has 240 valence electrons. The largest absolute Gasteiger partial charge is 0.466 e. The van der Waals surface area contributed by atoms with Crippen LogP contribution in [0.5, 0.6) is 5.75 Å². The van der Waals surface area contributed by atoms with E-state index < -0.39 is 23.5 Å². The molecule has 3 aromatic carbocycles. The van der Waals surface area contributed by atoms with Gasteiger partial charge in [-0.1, -0.05) is 61.7 Å². The Morgan fingerprint density at radius 1 is 0.804 bits per heavy atom. The summed E-state index contributed by atoms with van der Waals surface area (Å²) in [6, 6.07) is 21.3. The molecule has 0 bridgehead atoms. The SMILES string of the molecule is COC(=O)/C=C/c1cccc(N(Cc2ccc(/C=C/C(=O)OC(C)(C)C)cc2OC(=O)c2ccccc2)C(=O)C2CCCCC2)c1. The van der Waals surface area contributed by atoms with E-state index in [9.17, 15) is 19.2 Å². The Bertz CT molecular complexity index is 1590. The number of rotatable bonds is 10. The monoisotopic (exact) mass is 623 g/mol. The Balaban J connectivity index is 1.72. The van der Waals surface area contributed by atoms with Gasteiger partial charge in [-0.15, -0.1) is 0 Å². The number of carbonyl (C=O) groups excluding carboxylic acids is 4. The van der Waals surface area contributed by atoms with Crippen molar-refractivity contribution in [2.75, 3.05) is 12.0 Å². The number of anilines is 1. The van der Waals surface area contributed by atoms with Gasteiger partial charge in [0.05, 0.1) is 19.2 Å². The topological polar surface area (TPSA) is 99.2 Å². The summed E-state index contributed by atoms with van der Waals surface area (Å²) in [7, 11) is 1.31. The molecule has 0 heterocycles. The highest BCUT2D eigenvalue weighted by atomic mass is 16.6. The lowest BCUT2D eigenvalue weighted by molar-refractivity contribution is -0.148. The van der Waals surface area contributed by atoms with Gasteiger partial charge < -0.3 is 19.1 Å². The molecule has 8 nitrogen and oxygen atoms in total. The highest BCUT2D eigenvalue weighted by Gasteiger charge is 2.28. The minimum Gasteiger partial charge on any atom is -0.466 e. The van der Waals surface area contributed by atoms with E-state index in [1.165, 1.54) is 19.3 Å². The summed E-state index contributed by atoms with van der Waals surface area (Å²) in [5.41, 5.74) is 2.34. The van der Waals surface area contributed by atoms with Gasteiger partial charge in [-0.05, 0) is 87.2 Å². The van der Waals surface area contributed by atoms with Crippen LogP contribution < -0.4 is 9.64 Å². The molecule has 1 amide bonds. The Morgan fingerprint density at radius 3 is 2.15 bits per heavy atom. The third-order valence-corrected chi connectivity index (χ3v) is 7.47. The summed E-state index contributed by atoms with van der Waals surface area (Å²) < 4.78 is 16.0. The molecule has 0 aliphatic heterocycles. The summed E-state index contributed by atoms with van der Waals surface area (Å²) in [5, 5.41) is 0. The van der Waals surface area contributed by atoms with Crippen LogP contribution >= 0.6 is 0 Å². The number of ether oxygens (including phenoxy) is 3. The first-order valence-corrected chi connectivity index (χ1v) is 15.5. The van der Waals surface area contributed by atoms with Gasteiger partial charge in [0, 0.05) is 29.3 Å². The normalized spacial score (nSPS) is 13.8. The average molecular weight is 624 g/mol. The molecule has 0 unspecified atom stereocenters. The van der Waals surface area contributed by atoms with Gasteiger partial charge in [-0.2, -0.15) is 0 Å². The average Bonchev–Trinajstić information content (AvgIpc) is 3.05. The molecule has 0 N–H and O–H groups in total. The smallest absolute Gasteiger partial charge is 0.343 e. The highest BCUT2D eigenvalue weighted by Crippen LogP contribution is 2.32. The van der Waals surface area contributed by atoms with Crippen molar-refractivity contribution in [3.63, 3.8) is 0 Å². The Kier molecular flexibility index (Phi) is 11.7. The van der Waals surface area contributed by atoms with Crippen LogP contribution in [0.25, 0.3) is 12.2 Å². The summed E-state index contributed by atoms with van der Waals surface area (Å²) in [4.78, 5) is 53.1. The molecular formula is C38H41NO7. The molecule has 1 saturated carbocycles. The molecule has 0 radical (unpaired) electrons. The Labute approximate surface area is 270 Å². The summed E-state index contributed by atoms with van der Waals surface area (Å²) in [6.45, 7) is 5.51. The Hall–Kier alpha value is -4.98. The number of nitrogens with zero attached hydrogens (tertiary/aromatic N) is 1. The van der Waals surface area contributed by atoms with E-state index in [-0.39, 0.29) is 24.1 Å². The van der Waals surface area contributed by atoms with E-state index in [1.54, 1.807) is 80.3 Å². The predicted molar refractivity (Wildman–Crippen MR) is 178 cm³/mol. The first kappa shape index (κ1) is 33.9. The standard InChI is InChI=1S/C38H41NO7/c1-38(2,3)46-35(41)23-20-28-18-21-31(33(25-28)45-37(43)30-15-9-6-10-16-30)26-39(36(42)29-13-7-5-8-14-29)32-17-11-12-27(24-32)19-22-34(40)44-4/h6,9-12,15-25,29H,5,7-8,13-14,26H2,1-4H3/b22-19+,23-20+. The van der Waals surface area contributed by atoms with Crippen molar-refractivity contribution in [3.05, 3.63) is 107 Å². The van der Waals surface area contributed by atoms with Crippen LogP contribution in [0.3, 0.4) is 0 Å². The highest BCUT2D eigenvalue weighted by molar-refractivity contribution is 5.96. The second-order valence-corrected chi connectivity index (χ2v) is 12.2. The zero-order valence-corrected chi connectivity index (χ0v) is 26.9. The Morgan fingerprint density at radius 2 is 1.48 bits per heavy atom. The van der Waals surface area contributed by atoms with Crippen LogP contribution in [0.2, 0.25) is 0 Å². The van der Waals surface area contributed by atoms with Crippen molar-refractivity contribution in [2.24, 2.45) is 5.92 Å². The molecule has 0 atom stereocenters. The van der Waals surface area contributed by atoms with Gasteiger partial charge in [0.2, 0.25) is 5.91 Å². The van der Waals surface area contributed by atoms with Gasteiger partial charge >= 0.3 is 17.9 Å². The van der Waals surface area contributed by atoms with E-state index >= 15 is 0 Å². The van der Waals surface area contributed by atoms with Crippen molar-refractivity contribution >= 4 is 41.7 Å². The van der Waals surface area contributed by atoms with Gasteiger partial charge in [0.25, 0.3) is 0 Å². The van der Waals surface area contributed by atoms with Gasteiger partial charge in [0.1, 0.15) is 11.4 Å². The van der Waals surface area contributed by atoms with Gasteiger partial charge in [-0.25, -0.2) is 14.4 Å². The van der Waals surface area contributed by atoms with E-state index in [0.29, 0.717) is 22.4 Å². The molecule has 1 fully saturated rings. The molecule has 0 spiro atoms. The maximum atomic E-state index is 14.1. The van der Waals surface area contributed by atoms with E-state index in [0.717, 1.165) is 37.7 Å². The lowest BCUT2D eigenvalue weighted by Crippen LogP contribution is -2.37. The second-order valence-electron chi connectivity index (χ2n) is 12.2. The maximum Gasteiger partial charge on any atom is 0.343 e. The molecular weight excluding hydrogens is 582 g/mol. The first-order chi connectivity index (χ1) is 22.0. The van der Waals surface area contributed by atoms with Gasteiger partial charge in [0.15, 0.2) is 0 Å². The maximum absolute atomic E-state index is 14.1. The van der Waals surface area contributed by atoms with Crippen molar-refractivity contribution < 1.29 is 33.4 Å². The zero-order chi connectivity index (χ0) is 33.1. The number of esters is 3. The van der Waals surface area contributed by atoms with Crippen molar-refractivity contribution in [2.45, 2.75) is 65.0 Å². The molecule has 8 heteroatoms. The molecule has 0 aromatic heterocycles. The molecule has 1 aliphatic rings. The second kappa shape index (κ2) is 15.8. The predicted octanol–water partition coefficient (Wildman–Crippen LogP) is 7.56. The van der Waals surface area contributed by atoms with Crippen LogP contribution in [-0.2, 0) is 30.4 Å². The minimum atomic E-state index is -0.637. The number of hydrogen-bond acceptors (Lipinski definition) is 7. The van der Waals surface area contributed by atoms with E-state index in [4.69, 9.17) is 14.2 Å². The van der Waals surface area contributed by atoms with Crippen LogP contribution in [0, 0.1) is 5.92 Å². The van der Waals surface area contributed by atoms with Gasteiger partial charge in [-0.3, -0.25) is 4.79 Å². The summed E-state index contributed by atoms with van der Waals surface area (Å²) >= 11 is 0. The van der Waals surface area contributed by atoms with Crippen LogP contribution in [-0.4, -0.2) is 36.5 Å². The molecule has 4 rings (SSSR count). The number of hydrogen-bond donors (Lipinski definition) is 0. The number of methoxy groups -OCH3 is 1. The summed E-state index contributed by atoms with van der Waals surface area (Å²) in [6.07, 6.45) is 10.6. The van der Waals surface area contributed by atoms with Crippen LogP contribution in [0.4, 0.5) is 5.69 Å². The van der Waals surface area contributed by atoms with Crippen molar-refractivity contribution in [1.82, 2.24) is 0 Å². The molecule has 1 aliphatic carbocycles. The molecule has 0 saturated heterocycles. The van der Waals surface area contributed by atoms with E-state index in [2.05, 4.69) is 0 Å². The fraction of sp³-hybridized carbons (Fsp3) is 0.316. The van der Waals surface area contributed by atoms with Crippen molar-refractivity contribution in [3.8, 4) is 5.75 Å². The number of carbonyl (C=O) groups is 4. The van der Waals surface area contributed by atoms with Crippen molar-refractivity contribution in [1.29, 1.82) is 0 Å². The van der Waals surface area contributed by atoms with Crippen LogP contribution in [0.15, 0.2) is 84.9 Å². The van der Waals surface area contributed by atoms with E-state index in [1.807, 2.05) is 30.3 Å². The fourth-order valence-electron chi connectivity index (χ4n) is 5.20. The summed E-state index contributed by atoms with van der Waals surface area (Å²) in [5.74, 6) is -1.40. The quantitative estimate of drug-likeness (QED) is 0.131. The number of benzene rings is 3. The minimum absolute atomic E-state index is 0.0111. The molecule has 46 heavy (non-hydrogen) atoms. The fourth-order valence-corrected chi connectivity index (χ4v) is 5.20. The molecule has 3 aromatic rings. The first-order valence-electron chi connectivity index (χ1n) is 15.5. The third-order valence-electron chi connectivity index (χ3n) is 7.47. The third kappa shape index (κ3) is 10.0. The van der Waals surface area contributed by atoms with Crippen LogP contribution in [0.1, 0.15) is 79.9 Å².